The summed E-state index contributed by atoms with van der Waals surface area (Å²) in [5.41, 5.74) is 6.59. The Balaban J connectivity index is 1.45. The monoisotopic (exact) mass is 517 g/mol. The first kappa shape index (κ1) is 27.2. The molecule has 1 aliphatic carbocycles. The van der Waals surface area contributed by atoms with E-state index in [0.29, 0.717) is 57.3 Å². The molecule has 3 aliphatic rings. The number of likely N-dealkylation sites (tertiary alicyclic amines) is 1. The molecule has 1 aromatic rings. The van der Waals surface area contributed by atoms with Gasteiger partial charge in [-0.25, -0.2) is 9.59 Å². The molecule has 0 radical (unpaired) electrons. The number of aliphatic hydroxyl groups is 1. The number of ether oxygens (including phenoxy) is 1. The van der Waals surface area contributed by atoms with Gasteiger partial charge < -0.3 is 35.8 Å². The van der Waals surface area contributed by atoms with Gasteiger partial charge in [-0.2, -0.15) is 0 Å². The molecule has 1 saturated carbocycles. The first-order valence-electron chi connectivity index (χ1n) is 13.2. The SMILES string of the molecule is COC(=O)N1CCN([C@H]2C[C@@H](C(O)Nc3ccc(C(=O)O)cc3)N(C(=O)C3CCC(CN)CC3)C2)CC1. The fourth-order valence-electron chi connectivity index (χ4n) is 5.91. The van der Waals surface area contributed by atoms with Crippen LogP contribution in [0.3, 0.4) is 0 Å². The number of amides is 2. The molecule has 204 valence electrons. The Hall–Kier alpha value is -2.89. The number of nitrogens with two attached hydrogens (primary N) is 1. The van der Waals surface area contributed by atoms with Gasteiger partial charge in [0.2, 0.25) is 5.91 Å². The van der Waals surface area contributed by atoms with E-state index in [2.05, 4.69) is 10.2 Å². The Bertz CT molecular complexity index is 943. The first-order chi connectivity index (χ1) is 17.8. The van der Waals surface area contributed by atoms with Gasteiger partial charge in [0.1, 0.15) is 6.23 Å². The van der Waals surface area contributed by atoms with Gasteiger partial charge in [-0.05, 0) is 68.8 Å². The summed E-state index contributed by atoms with van der Waals surface area (Å²) in [7, 11) is 1.38. The zero-order chi connectivity index (χ0) is 26.5. The van der Waals surface area contributed by atoms with Gasteiger partial charge in [0.05, 0.1) is 18.7 Å². The van der Waals surface area contributed by atoms with Crippen LogP contribution in [0.2, 0.25) is 0 Å². The van der Waals surface area contributed by atoms with Gasteiger partial charge in [-0.15, -0.1) is 0 Å². The van der Waals surface area contributed by atoms with E-state index in [1.54, 1.807) is 17.0 Å². The van der Waals surface area contributed by atoms with Crippen LogP contribution in [0.5, 0.6) is 0 Å². The number of piperazine rings is 1. The number of rotatable bonds is 7. The van der Waals surface area contributed by atoms with Gasteiger partial charge in [-0.3, -0.25) is 9.69 Å². The highest BCUT2D eigenvalue weighted by Gasteiger charge is 2.44. The molecule has 3 atom stereocenters. The number of hydrogen-bond donors (Lipinski definition) is 4. The Morgan fingerprint density at radius 1 is 1.08 bits per heavy atom. The highest BCUT2D eigenvalue weighted by Crippen LogP contribution is 2.34. The molecule has 11 nitrogen and oxygen atoms in total. The fraction of sp³-hybridized carbons (Fsp3) is 0.654. The Morgan fingerprint density at radius 3 is 2.30 bits per heavy atom. The molecule has 0 spiro atoms. The number of carbonyl (C=O) groups is 3. The van der Waals surface area contributed by atoms with Crippen LogP contribution in [-0.2, 0) is 9.53 Å². The molecule has 0 bridgehead atoms. The second-order valence-electron chi connectivity index (χ2n) is 10.4. The minimum absolute atomic E-state index is 0.0673. The van der Waals surface area contributed by atoms with Crippen LogP contribution in [0.15, 0.2) is 24.3 Å². The number of anilines is 1. The Morgan fingerprint density at radius 2 is 1.73 bits per heavy atom. The minimum Gasteiger partial charge on any atom is -0.478 e. The average molecular weight is 518 g/mol. The zero-order valence-corrected chi connectivity index (χ0v) is 21.4. The number of carboxylic acid groups (broad SMARTS) is 1. The molecule has 2 aliphatic heterocycles. The van der Waals surface area contributed by atoms with E-state index in [0.717, 1.165) is 25.7 Å². The lowest BCUT2D eigenvalue weighted by Crippen LogP contribution is -2.52. The van der Waals surface area contributed by atoms with Crippen LogP contribution in [0.25, 0.3) is 0 Å². The predicted octanol–water partition coefficient (Wildman–Crippen LogP) is 1.23. The van der Waals surface area contributed by atoms with Crippen LogP contribution in [-0.4, -0.2) is 108 Å². The number of nitrogens with one attached hydrogen (secondary N) is 1. The summed E-state index contributed by atoms with van der Waals surface area (Å²) < 4.78 is 4.84. The van der Waals surface area contributed by atoms with Crippen LogP contribution in [0.4, 0.5) is 10.5 Å². The van der Waals surface area contributed by atoms with Crippen LogP contribution in [0.1, 0.15) is 42.5 Å². The highest BCUT2D eigenvalue weighted by atomic mass is 16.5. The fourth-order valence-corrected chi connectivity index (χ4v) is 5.91. The summed E-state index contributed by atoms with van der Waals surface area (Å²) in [4.78, 5) is 42.5. The standard InChI is InChI=1S/C26H39N5O6/c1-37-26(36)30-12-10-29(11-13-30)21-14-22(23(32)28-20-8-6-19(7-9-20)25(34)35)31(16-21)24(33)18-4-2-17(15-27)3-5-18/h6-9,17-18,21-23,28,32H,2-5,10-16,27H2,1H3,(H,34,35)/t17?,18?,21-,22-,23?/m0/s1. The van der Waals surface area contributed by atoms with E-state index in [9.17, 15) is 19.5 Å². The van der Waals surface area contributed by atoms with Crippen molar-refractivity contribution in [3.8, 4) is 0 Å². The van der Waals surface area contributed by atoms with Crippen molar-refractivity contribution in [2.75, 3.05) is 51.7 Å². The predicted molar refractivity (Wildman–Crippen MR) is 137 cm³/mol. The number of nitrogens with zero attached hydrogens (tertiary/aromatic N) is 3. The molecule has 4 rings (SSSR count). The quantitative estimate of drug-likeness (QED) is 0.392. The summed E-state index contributed by atoms with van der Waals surface area (Å²) in [6.45, 7) is 3.64. The lowest BCUT2D eigenvalue weighted by atomic mass is 9.81. The van der Waals surface area contributed by atoms with Gasteiger partial charge in [0.15, 0.2) is 0 Å². The van der Waals surface area contributed by atoms with Gasteiger partial charge in [0.25, 0.3) is 0 Å². The molecule has 2 heterocycles. The molecule has 2 amide bonds. The van der Waals surface area contributed by atoms with E-state index < -0.39 is 18.2 Å². The lowest BCUT2D eigenvalue weighted by Gasteiger charge is -2.37. The maximum absolute atomic E-state index is 13.7. The van der Waals surface area contributed by atoms with Crippen molar-refractivity contribution >= 4 is 23.7 Å². The van der Waals surface area contributed by atoms with Crippen molar-refractivity contribution in [3.63, 3.8) is 0 Å². The van der Waals surface area contributed by atoms with Crippen molar-refractivity contribution in [3.05, 3.63) is 29.8 Å². The number of carbonyl (C=O) groups excluding carboxylic acids is 2. The van der Waals surface area contributed by atoms with Crippen molar-refractivity contribution < 1.29 is 29.3 Å². The molecule has 2 saturated heterocycles. The molecule has 37 heavy (non-hydrogen) atoms. The molecular formula is C26H39N5O6. The van der Waals surface area contributed by atoms with Gasteiger partial charge in [0, 0.05) is 50.4 Å². The van der Waals surface area contributed by atoms with Crippen molar-refractivity contribution in [2.45, 2.75) is 50.4 Å². The Kier molecular flexibility index (Phi) is 8.88. The van der Waals surface area contributed by atoms with E-state index >= 15 is 0 Å². The van der Waals surface area contributed by atoms with Crippen molar-refractivity contribution in [2.24, 2.45) is 17.6 Å². The summed E-state index contributed by atoms with van der Waals surface area (Å²) in [6, 6.07) is 5.84. The largest absolute Gasteiger partial charge is 0.478 e. The Labute approximate surface area is 217 Å². The van der Waals surface area contributed by atoms with Gasteiger partial charge in [-0.1, -0.05) is 0 Å². The van der Waals surface area contributed by atoms with E-state index in [1.807, 2.05) is 4.90 Å². The first-order valence-corrected chi connectivity index (χ1v) is 13.2. The average Bonchev–Trinajstić information content (AvgIpc) is 3.38. The number of methoxy groups -OCH3 is 1. The van der Waals surface area contributed by atoms with Crippen molar-refractivity contribution in [1.82, 2.24) is 14.7 Å². The third-order valence-corrected chi connectivity index (χ3v) is 8.21. The third-order valence-electron chi connectivity index (χ3n) is 8.21. The number of benzene rings is 1. The second kappa shape index (κ2) is 12.1. The molecule has 11 heteroatoms. The molecular weight excluding hydrogens is 478 g/mol. The highest BCUT2D eigenvalue weighted by molar-refractivity contribution is 5.88. The number of carboxylic acids is 1. The molecule has 5 N–H and O–H groups in total. The van der Waals surface area contributed by atoms with Crippen molar-refractivity contribution in [1.29, 1.82) is 0 Å². The summed E-state index contributed by atoms with van der Waals surface area (Å²) in [5.74, 6) is -0.530. The zero-order valence-electron chi connectivity index (χ0n) is 21.4. The van der Waals surface area contributed by atoms with Gasteiger partial charge >= 0.3 is 12.1 Å². The molecule has 3 fully saturated rings. The van der Waals surface area contributed by atoms with Crippen LogP contribution >= 0.6 is 0 Å². The second-order valence-corrected chi connectivity index (χ2v) is 10.4. The van der Waals surface area contributed by atoms with E-state index in [-0.39, 0.29) is 29.5 Å². The number of aliphatic hydroxyl groups excluding tert-OH is 1. The van der Waals surface area contributed by atoms with Crippen LogP contribution < -0.4 is 11.1 Å². The molecule has 1 aromatic carbocycles. The van der Waals surface area contributed by atoms with E-state index in [1.165, 1.54) is 19.2 Å². The number of hydrogen-bond acceptors (Lipinski definition) is 8. The van der Waals surface area contributed by atoms with Crippen LogP contribution in [0, 0.1) is 11.8 Å². The molecule has 0 aromatic heterocycles. The summed E-state index contributed by atoms with van der Waals surface area (Å²) in [5, 5.41) is 23.4. The maximum Gasteiger partial charge on any atom is 0.409 e. The lowest BCUT2D eigenvalue weighted by molar-refractivity contribution is -0.139. The third kappa shape index (κ3) is 6.34. The summed E-state index contributed by atoms with van der Waals surface area (Å²) in [6.07, 6.45) is 2.77. The van der Waals surface area contributed by atoms with E-state index in [4.69, 9.17) is 15.6 Å². The smallest absolute Gasteiger partial charge is 0.409 e. The maximum atomic E-state index is 13.7. The molecule has 1 unspecified atom stereocenters. The summed E-state index contributed by atoms with van der Waals surface area (Å²) >= 11 is 0. The number of aromatic carboxylic acids is 1. The topological polar surface area (TPSA) is 149 Å². The minimum atomic E-state index is -1.01. The normalized spacial score (nSPS) is 27.5.